The largest absolute Gasteiger partial charge is 0.493 e. The molecule has 2 aromatic carbocycles. The Balaban J connectivity index is 1.97. The van der Waals surface area contributed by atoms with Gasteiger partial charge >= 0.3 is 6.61 Å². The van der Waals surface area contributed by atoms with E-state index in [-0.39, 0.29) is 18.2 Å². The number of methoxy groups -OCH3 is 1. The summed E-state index contributed by atoms with van der Waals surface area (Å²) in [5, 5.41) is 2.75. The van der Waals surface area contributed by atoms with Gasteiger partial charge in [-0.25, -0.2) is 0 Å². The van der Waals surface area contributed by atoms with Crippen LogP contribution in [0.3, 0.4) is 0 Å². The molecule has 0 unspecified atom stereocenters. The molecule has 0 aliphatic carbocycles. The minimum absolute atomic E-state index is 0.0647. The second-order valence-electron chi connectivity index (χ2n) is 5.17. The van der Waals surface area contributed by atoms with Crippen molar-refractivity contribution in [3.8, 4) is 17.2 Å². The van der Waals surface area contributed by atoms with Crippen LogP contribution in [0.1, 0.15) is 15.9 Å². The highest BCUT2D eigenvalue weighted by molar-refractivity contribution is 5.94. The lowest BCUT2D eigenvalue weighted by Gasteiger charge is -2.11. The molecule has 0 aromatic heterocycles. The molecule has 0 heterocycles. The molecule has 0 spiro atoms. The maximum Gasteiger partial charge on any atom is 0.387 e. The van der Waals surface area contributed by atoms with Crippen LogP contribution >= 0.6 is 0 Å². The Morgan fingerprint density at radius 3 is 2.54 bits per heavy atom. The Labute approximate surface area is 150 Å². The van der Waals surface area contributed by atoms with Crippen molar-refractivity contribution in [3.05, 3.63) is 66.2 Å². The number of rotatable bonds is 9. The van der Waals surface area contributed by atoms with E-state index in [9.17, 15) is 13.6 Å². The molecule has 138 valence electrons. The summed E-state index contributed by atoms with van der Waals surface area (Å²) in [5.74, 6) is 0.716. The highest BCUT2D eigenvalue weighted by Crippen LogP contribution is 2.28. The van der Waals surface area contributed by atoms with Crippen LogP contribution in [0.25, 0.3) is 0 Å². The van der Waals surface area contributed by atoms with Gasteiger partial charge in [0.15, 0.2) is 11.5 Å². The van der Waals surface area contributed by atoms with E-state index in [2.05, 4.69) is 16.6 Å². The van der Waals surface area contributed by atoms with Crippen LogP contribution in [-0.2, 0) is 6.54 Å². The predicted octanol–water partition coefficient (Wildman–Crippen LogP) is 3.79. The number of hydrogen-bond donors (Lipinski definition) is 1. The SMILES string of the molecule is C=CCOc1ccc(C(=O)NCc2ccc(OC(F)F)cc2)cc1OC. The molecule has 26 heavy (non-hydrogen) atoms. The molecule has 0 aliphatic heterocycles. The molecule has 0 saturated carbocycles. The molecule has 1 N–H and O–H groups in total. The number of alkyl halides is 2. The van der Waals surface area contributed by atoms with Crippen LogP contribution in [0, 0.1) is 0 Å². The van der Waals surface area contributed by atoms with E-state index < -0.39 is 6.61 Å². The summed E-state index contributed by atoms with van der Waals surface area (Å²) in [5.41, 5.74) is 1.16. The molecule has 0 fully saturated rings. The van der Waals surface area contributed by atoms with Crippen LogP contribution < -0.4 is 19.5 Å². The monoisotopic (exact) mass is 363 g/mol. The quantitative estimate of drug-likeness (QED) is 0.689. The first-order valence-electron chi connectivity index (χ1n) is 7.77. The molecule has 7 heteroatoms. The van der Waals surface area contributed by atoms with E-state index in [0.717, 1.165) is 5.56 Å². The maximum atomic E-state index is 12.3. The smallest absolute Gasteiger partial charge is 0.387 e. The Morgan fingerprint density at radius 2 is 1.92 bits per heavy atom. The van der Waals surface area contributed by atoms with E-state index in [4.69, 9.17) is 9.47 Å². The first-order valence-corrected chi connectivity index (χ1v) is 7.77. The van der Waals surface area contributed by atoms with Crippen LogP contribution in [0.4, 0.5) is 8.78 Å². The van der Waals surface area contributed by atoms with Gasteiger partial charge in [-0.3, -0.25) is 4.79 Å². The van der Waals surface area contributed by atoms with Crippen molar-refractivity contribution < 1.29 is 27.8 Å². The Kier molecular flexibility index (Phi) is 6.96. The standard InChI is InChI=1S/C19H19F2NO4/c1-3-10-25-16-9-6-14(11-17(16)24-2)18(23)22-12-13-4-7-15(8-5-13)26-19(20)21/h3-9,11,19H,1,10,12H2,2H3,(H,22,23). The number of hydrogen-bond acceptors (Lipinski definition) is 4. The van der Waals surface area contributed by atoms with E-state index >= 15 is 0 Å². The third-order valence-corrected chi connectivity index (χ3v) is 3.38. The fraction of sp³-hybridized carbons (Fsp3) is 0.211. The molecule has 0 saturated heterocycles. The molecular weight excluding hydrogens is 344 g/mol. The fourth-order valence-corrected chi connectivity index (χ4v) is 2.15. The Bertz CT molecular complexity index is 748. The lowest BCUT2D eigenvalue weighted by atomic mass is 10.1. The van der Waals surface area contributed by atoms with E-state index in [1.54, 1.807) is 36.4 Å². The molecule has 2 aromatic rings. The first kappa shape index (κ1) is 19.2. The predicted molar refractivity (Wildman–Crippen MR) is 92.9 cm³/mol. The lowest BCUT2D eigenvalue weighted by molar-refractivity contribution is -0.0498. The maximum absolute atomic E-state index is 12.3. The number of carbonyl (C=O) groups is 1. The van der Waals surface area contributed by atoms with Crippen molar-refractivity contribution in [3.63, 3.8) is 0 Å². The lowest BCUT2D eigenvalue weighted by Crippen LogP contribution is -2.22. The number of ether oxygens (including phenoxy) is 3. The zero-order chi connectivity index (χ0) is 18.9. The number of halogens is 2. The van der Waals surface area contributed by atoms with Crippen LogP contribution in [-0.4, -0.2) is 26.2 Å². The second-order valence-corrected chi connectivity index (χ2v) is 5.17. The minimum Gasteiger partial charge on any atom is -0.493 e. The topological polar surface area (TPSA) is 56.8 Å². The van der Waals surface area contributed by atoms with Gasteiger partial charge in [-0.2, -0.15) is 8.78 Å². The fourth-order valence-electron chi connectivity index (χ4n) is 2.15. The van der Waals surface area contributed by atoms with Crippen molar-refractivity contribution in [2.45, 2.75) is 13.2 Å². The zero-order valence-electron chi connectivity index (χ0n) is 14.2. The van der Waals surface area contributed by atoms with Gasteiger partial charge < -0.3 is 19.5 Å². The van der Waals surface area contributed by atoms with Gasteiger partial charge in [-0.15, -0.1) is 0 Å². The highest BCUT2D eigenvalue weighted by atomic mass is 19.3. The third-order valence-electron chi connectivity index (χ3n) is 3.38. The summed E-state index contributed by atoms with van der Waals surface area (Å²) < 4.78 is 39.2. The molecular formula is C19H19F2NO4. The Morgan fingerprint density at radius 1 is 1.19 bits per heavy atom. The summed E-state index contributed by atoms with van der Waals surface area (Å²) in [7, 11) is 1.49. The van der Waals surface area contributed by atoms with Gasteiger partial charge in [-0.1, -0.05) is 24.8 Å². The van der Waals surface area contributed by atoms with Gasteiger partial charge in [0.25, 0.3) is 5.91 Å². The first-order chi connectivity index (χ1) is 12.5. The van der Waals surface area contributed by atoms with Crippen LogP contribution in [0.5, 0.6) is 17.2 Å². The molecule has 0 bridgehead atoms. The average Bonchev–Trinajstić information content (AvgIpc) is 2.65. The molecule has 0 aliphatic rings. The van der Waals surface area contributed by atoms with Gasteiger partial charge in [-0.05, 0) is 35.9 Å². The van der Waals surface area contributed by atoms with Gasteiger partial charge in [0.1, 0.15) is 12.4 Å². The summed E-state index contributed by atoms with van der Waals surface area (Å²) in [4.78, 5) is 12.3. The van der Waals surface area contributed by atoms with Crippen molar-refractivity contribution in [1.82, 2.24) is 5.32 Å². The van der Waals surface area contributed by atoms with Gasteiger partial charge in [0.05, 0.1) is 7.11 Å². The summed E-state index contributed by atoms with van der Waals surface area (Å²) in [6.45, 7) is 1.28. The van der Waals surface area contributed by atoms with E-state index in [0.29, 0.717) is 23.7 Å². The summed E-state index contributed by atoms with van der Waals surface area (Å²) >= 11 is 0. The van der Waals surface area contributed by atoms with E-state index in [1.165, 1.54) is 19.2 Å². The third kappa shape index (κ3) is 5.47. The number of nitrogens with one attached hydrogen (secondary N) is 1. The Hall–Kier alpha value is -3.09. The van der Waals surface area contributed by atoms with Crippen LogP contribution in [0.15, 0.2) is 55.1 Å². The molecule has 5 nitrogen and oxygen atoms in total. The van der Waals surface area contributed by atoms with Gasteiger partial charge in [0.2, 0.25) is 0 Å². The molecule has 0 atom stereocenters. The van der Waals surface area contributed by atoms with Crippen molar-refractivity contribution in [1.29, 1.82) is 0 Å². The number of amides is 1. The average molecular weight is 363 g/mol. The minimum atomic E-state index is -2.87. The van der Waals surface area contributed by atoms with Gasteiger partial charge in [0, 0.05) is 12.1 Å². The molecule has 1 amide bonds. The van der Waals surface area contributed by atoms with E-state index in [1.807, 2.05) is 0 Å². The summed E-state index contributed by atoms with van der Waals surface area (Å²) in [6, 6.07) is 10.9. The zero-order valence-corrected chi connectivity index (χ0v) is 14.2. The number of carbonyl (C=O) groups excluding carboxylic acids is 1. The highest BCUT2D eigenvalue weighted by Gasteiger charge is 2.11. The molecule has 2 rings (SSSR count). The van der Waals surface area contributed by atoms with Crippen molar-refractivity contribution in [2.75, 3.05) is 13.7 Å². The van der Waals surface area contributed by atoms with Crippen molar-refractivity contribution >= 4 is 5.91 Å². The van der Waals surface area contributed by atoms with Crippen LogP contribution in [0.2, 0.25) is 0 Å². The normalized spacial score (nSPS) is 10.3. The molecule has 0 radical (unpaired) electrons. The summed E-state index contributed by atoms with van der Waals surface area (Å²) in [6.07, 6.45) is 1.61. The number of benzene rings is 2. The second kappa shape index (κ2) is 9.41. The van der Waals surface area contributed by atoms with Crippen molar-refractivity contribution in [2.24, 2.45) is 0 Å².